The van der Waals surface area contributed by atoms with Crippen molar-refractivity contribution in [1.82, 2.24) is 15.3 Å². The molecule has 0 aliphatic carbocycles. The number of hydrogen-bond acceptors (Lipinski definition) is 4. The summed E-state index contributed by atoms with van der Waals surface area (Å²) in [5.74, 6) is -0.123. The lowest BCUT2D eigenvalue weighted by Gasteiger charge is -2.31. The van der Waals surface area contributed by atoms with Gasteiger partial charge in [-0.05, 0) is 25.8 Å². The fraction of sp³-hybridized carbons (Fsp3) is 0.467. The number of amides is 1. The first-order valence-electron chi connectivity index (χ1n) is 7.17. The van der Waals surface area contributed by atoms with Crippen LogP contribution in [0.25, 0.3) is 11.3 Å². The minimum atomic E-state index is -0.334. The van der Waals surface area contributed by atoms with E-state index in [1.165, 1.54) is 0 Å². The lowest BCUT2D eigenvalue weighted by Crippen LogP contribution is -2.52. The fourth-order valence-corrected chi connectivity index (χ4v) is 2.87. The van der Waals surface area contributed by atoms with Crippen LogP contribution in [0.3, 0.4) is 0 Å². The van der Waals surface area contributed by atoms with Crippen LogP contribution in [0.1, 0.15) is 42.2 Å². The lowest BCUT2D eigenvalue weighted by atomic mass is 9.93. The highest BCUT2D eigenvalue weighted by Crippen LogP contribution is 2.22. The van der Waals surface area contributed by atoms with Crippen molar-refractivity contribution in [1.29, 1.82) is 0 Å². The van der Waals surface area contributed by atoms with Gasteiger partial charge in [-0.25, -0.2) is 4.98 Å². The van der Waals surface area contributed by atoms with Crippen LogP contribution < -0.4 is 11.1 Å². The van der Waals surface area contributed by atoms with Gasteiger partial charge in [-0.2, -0.15) is 0 Å². The van der Waals surface area contributed by atoms with Crippen LogP contribution in [0.15, 0.2) is 17.6 Å². The first-order chi connectivity index (χ1) is 10.0. The molecule has 0 saturated carbocycles. The summed E-state index contributed by atoms with van der Waals surface area (Å²) in [6.07, 6.45) is 3.43. The highest BCUT2D eigenvalue weighted by molar-refractivity contribution is 7.09. The molecule has 4 N–H and O–H groups in total. The van der Waals surface area contributed by atoms with E-state index in [0.29, 0.717) is 12.2 Å². The van der Waals surface area contributed by atoms with Crippen LogP contribution in [0, 0.1) is 6.92 Å². The van der Waals surface area contributed by atoms with Gasteiger partial charge in [-0.3, -0.25) is 4.79 Å². The second kappa shape index (κ2) is 9.27. The molecular formula is C15H24Cl2N4OS. The van der Waals surface area contributed by atoms with Crippen LogP contribution in [0.4, 0.5) is 0 Å². The third-order valence-electron chi connectivity index (χ3n) is 3.97. The lowest BCUT2D eigenvalue weighted by molar-refractivity contribution is 0.0890. The number of halogens is 2. The maximum Gasteiger partial charge on any atom is 0.268 e. The number of rotatable bonds is 6. The largest absolute Gasteiger partial charge is 0.357 e. The van der Waals surface area contributed by atoms with Crippen LogP contribution in [-0.2, 0) is 0 Å². The predicted molar refractivity (Wildman–Crippen MR) is 101 cm³/mol. The summed E-state index contributed by atoms with van der Waals surface area (Å²) in [5.41, 5.74) is 7.84. The molecule has 0 aliphatic heterocycles. The zero-order chi connectivity index (χ0) is 15.5. The van der Waals surface area contributed by atoms with Gasteiger partial charge in [-0.1, -0.05) is 13.8 Å². The fourth-order valence-electron chi connectivity index (χ4n) is 2.24. The predicted octanol–water partition coefficient (Wildman–Crippen LogP) is 3.54. The number of nitrogens with one attached hydrogen (secondary N) is 2. The van der Waals surface area contributed by atoms with Gasteiger partial charge in [0.1, 0.15) is 5.69 Å². The Morgan fingerprint density at radius 2 is 2.04 bits per heavy atom. The Labute approximate surface area is 153 Å². The summed E-state index contributed by atoms with van der Waals surface area (Å²) in [7, 11) is 0. The van der Waals surface area contributed by atoms with Gasteiger partial charge in [0.05, 0.1) is 16.2 Å². The van der Waals surface area contributed by atoms with E-state index < -0.39 is 0 Å². The van der Waals surface area contributed by atoms with E-state index in [1.54, 1.807) is 11.3 Å². The average molecular weight is 379 g/mol. The van der Waals surface area contributed by atoms with E-state index >= 15 is 0 Å². The van der Waals surface area contributed by atoms with Crippen molar-refractivity contribution in [2.45, 2.75) is 39.2 Å². The molecule has 23 heavy (non-hydrogen) atoms. The van der Waals surface area contributed by atoms with Gasteiger partial charge in [0.25, 0.3) is 5.91 Å². The third-order valence-corrected chi connectivity index (χ3v) is 4.74. The molecule has 2 rings (SSSR count). The number of nitrogens with two attached hydrogens (primary N) is 1. The molecule has 130 valence electrons. The number of carbonyl (C=O) groups excluding carboxylic acids is 1. The Morgan fingerprint density at radius 1 is 1.39 bits per heavy atom. The number of H-pyrrole nitrogens is 1. The quantitative estimate of drug-likeness (QED) is 0.718. The van der Waals surface area contributed by atoms with Gasteiger partial charge >= 0.3 is 0 Å². The molecule has 0 fully saturated rings. The van der Waals surface area contributed by atoms with E-state index in [9.17, 15) is 4.79 Å². The molecule has 1 amide bonds. The Bertz CT molecular complexity index is 614. The van der Waals surface area contributed by atoms with Crippen molar-refractivity contribution in [3.63, 3.8) is 0 Å². The monoisotopic (exact) mass is 378 g/mol. The van der Waals surface area contributed by atoms with E-state index in [1.807, 2.05) is 38.4 Å². The first kappa shape index (κ1) is 21.9. The number of aryl methyl sites for hydroxylation is 1. The zero-order valence-corrected chi connectivity index (χ0v) is 16.0. The number of aromatic amines is 1. The minimum absolute atomic E-state index is 0. The van der Waals surface area contributed by atoms with E-state index in [-0.39, 0.29) is 36.3 Å². The van der Waals surface area contributed by atoms with Crippen molar-refractivity contribution in [2.75, 3.05) is 6.54 Å². The molecule has 0 saturated heterocycles. The zero-order valence-electron chi connectivity index (χ0n) is 13.5. The maximum atomic E-state index is 12.4. The van der Waals surface area contributed by atoms with Crippen molar-refractivity contribution < 1.29 is 4.79 Å². The van der Waals surface area contributed by atoms with Crippen molar-refractivity contribution >= 4 is 42.1 Å². The van der Waals surface area contributed by atoms with Crippen molar-refractivity contribution in [3.8, 4) is 11.3 Å². The summed E-state index contributed by atoms with van der Waals surface area (Å²) in [5, 5.41) is 6.05. The number of aromatic nitrogens is 2. The topological polar surface area (TPSA) is 83.8 Å². The van der Waals surface area contributed by atoms with Crippen LogP contribution in [0.2, 0.25) is 0 Å². The SMILES string of the molecule is CCC(CC)(CN)NC(=O)c1cc(-c2csc(C)n2)c[nH]1.Cl.Cl. The number of thiazole rings is 1. The summed E-state index contributed by atoms with van der Waals surface area (Å²) < 4.78 is 0. The molecule has 0 spiro atoms. The van der Waals surface area contributed by atoms with Gasteiger partial charge in [0, 0.05) is 23.7 Å². The maximum absolute atomic E-state index is 12.4. The number of nitrogens with zero attached hydrogens (tertiary/aromatic N) is 1. The molecule has 5 nitrogen and oxygen atoms in total. The minimum Gasteiger partial charge on any atom is -0.357 e. The van der Waals surface area contributed by atoms with Gasteiger partial charge in [0.15, 0.2) is 0 Å². The van der Waals surface area contributed by atoms with E-state index in [0.717, 1.165) is 29.1 Å². The smallest absolute Gasteiger partial charge is 0.268 e. The van der Waals surface area contributed by atoms with E-state index in [2.05, 4.69) is 15.3 Å². The molecule has 2 aromatic heterocycles. The van der Waals surface area contributed by atoms with Crippen LogP contribution >= 0.6 is 36.2 Å². The van der Waals surface area contributed by atoms with Crippen LogP contribution in [-0.4, -0.2) is 28.0 Å². The summed E-state index contributed by atoms with van der Waals surface area (Å²) in [4.78, 5) is 19.8. The standard InChI is InChI=1S/C15H22N4OS.2ClH/c1-4-15(5-2,9-16)19-14(20)12-6-11(7-17-12)13-8-21-10(3)18-13;;/h6-8,17H,4-5,9,16H2,1-3H3,(H,19,20);2*1H. The molecule has 0 radical (unpaired) electrons. The van der Waals surface area contributed by atoms with E-state index in [4.69, 9.17) is 5.73 Å². The second-order valence-electron chi connectivity index (χ2n) is 5.20. The molecule has 8 heteroatoms. The number of carbonyl (C=O) groups is 1. The van der Waals surface area contributed by atoms with Crippen molar-refractivity contribution in [3.05, 3.63) is 28.3 Å². The summed E-state index contributed by atoms with van der Waals surface area (Å²) >= 11 is 1.60. The molecule has 0 unspecified atom stereocenters. The molecule has 0 aromatic carbocycles. The molecule has 2 heterocycles. The Kier molecular flexibility index (Phi) is 8.84. The van der Waals surface area contributed by atoms with Crippen molar-refractivity contribution in [2.24, 2.45) is 5.73 Å². The first-order valence-corrected chi connectivity index (χ1v) is 8.05. The van der Waals surface area contributed by atoms with Gasteiger partial charge < -0.3 is 16.0 Å². The third kappa shape index (κ3) is 4.94. The Hall–Kier alpha value is -1.08. The average Bonchev–Trinajstić information content (AvgIpc) is 3.13. The summed E-state index contributed by atoms with van der Waals surface area (Å²) in [6, 6.07) is 1.83. The molecular weight excluding hydrogens is 355 g/mol. The Morgan fingerprint density at radius 3 is 2.52 bits per heavy atom. The number of hydrogen-bond donors (Lipinski definition) is 3. The van der Waals surface area contributed by atoms with Crippen LogP contribution in [0.5, 0.6) is 0 Å². The molecule has 0 bridgehead atoms. The van der Waals surface area contributed by atoms with Gasteiger partial charge in [-0.15, -0.1) is 36.2 Å². The van der Waals surface area contributed by atoms with Gasteiger partial charge in [0.2, 0.25) is 0 Å². The normalized spacial score (nSPS) is 10.6. The molecule has 0 aliphatic rings. The Balaban J connectivity index is 0.00000242. The molecule has 0 atom stereocenters. The highest BCUT2D eigenvalue weighted by Gasteiger charge is 2.27. The molecule has 2 aromatic rings. The highest BCUT2D eigenvalue weighted by atomic mass is 35.5. The second-order valence-corrected chi connectivity index (χ2v) is 6.26. The summed E-state index contributed by atoms with van der Waals surface area (Å²) in [6.45, 7) is 6.47.